The largest absolute Gasteiger partial charge is 1.00 e. The van der Waals surface area contributed by atoms with Gasteiger partial charge in [0.15, 0.2) is 0 Å². The second-order valence-electron chi connectivity index (χ2n) is 5.52. The number of rotatable bonds is 6. The van der Waals surface area contributed by atoms with Crippen molar-refractivity contribution in [3.05, 3.63) is 69.3 Å². The maximum Gasteiger partial charge on any atom is 1.00 e. The zero-order valence-corrected chi connectivity index (χ0v) is 17.8. The number of benzene rings is 2. The van der Waals surface area contributed by atoms with Crippen LogP contribution in [0.3, 0.4) is 0 Å². The first-order valence-corrected chi connectivity index (χ1v) is 7.34. The summed E-state index contributed by atoms with van der Waals surface area (Å²) < 4.78 is 0. The Labute approximate surface area is 192 Å². The van der Waals surface area contributed by atoms with Crippen molar-refractivity contribution >= 4 is 23.3 Å². The number of carboxylic acid groups (broad SMARTS) is 1. The molecule has 0 unspecified atom stereocenters. The Morgan fingerprint density at radius 3 is 2.19 bits per heavy atom. The van der Waals surface area contributed by atoms with Crippen LogP contribution in [0, 0.1) is 10.1 Å². The molecule has 0 bridgehead atoms. The quantitative estimate of drug-likeness (QED) is 0.350. The molecule has 2 aromatic rings. The summed E-state index contributed by atoms with van der Waals surface area (Å²) in [5.74, 6) is -2.30. The van der Waals surface area contributed by atoms with Crippen molar-refractivity contribution in [2.45, 2.75) is 6.54 Å². The van der Waals surface area contributed by atoms with Gasteiger partial charge in [-0.25, -0.2) is 0 Å². The molecule has 0 spiro atoms. The van der Waals surface area contributed by atoms with Crippen molar-refractivity contribution in [1.82, 2.24) is 5.32 Å². The molecule has 2 rings (SSSR count). The predicted octanol–water partition coefficient (Wildman–Crippen LogP) is -2.04. The number of aromatic carboxylic acids is 1. The fourth-order valence-corrected chi connectivity index (χ4v) is 2.20. The van der Waals surface area contributed by atoms with E-state index in [4.69, 9.17) is 0 Å². The minimum atomic E-state index is -1.57. The van der Waals surface area contributed by atoms with Crippen LogP contribution < -0.4 is 66.7 Å². The monoisotopic (exact) mass is 381 g/mol. The van der Waals surface area contributed by atoms with Crippen molar-refractivity contribution in [2.24, 2.45) is 0 Å². The van der Waals surface area contributed by atoms with Crippen molar-refractivity contribution in [3.8, 4) is 0 Å². The first-order chi connectivity index (χ1) is 11.8. The molecule has 130 valence electrons. The van der Waals surface area contributed by atoms with E-state index in [0.717, 1.165) is 29.4 Å². The first-order valence-electron chi connectivity index (χ1n) is 7.34. The summed E-state index contributed by atoms with van der Waals surface area (Å²) in [6.07, 6.45) is 0. The molecule has 0 radical (unpaired) electrons. The Balaban J connectivity index is 0.00000338. The maximum atomic E-state index is 12.3. The van der Waals surface area contributed by atoms with Gasteiger partial charge in [-0.15, -0.1) is 0 Å². The Hall–Kier alpha value is -1.78. The van der Waals surface area contributed by atoms with E-state index in [9.17, 15) is 24.8 Å². The predicted molar refractivity (Wildman–Crippen MR) is 89.4 cm³/mol. The van der Waals surface area contributed by atoms with E-state index in [1.807, 2.05) is 43.3 Å². The standard InChI is InChI=1S/C17H17N3O5.K/c1-19(2)12-5-3-11(4-6-12)10-18-16(21)15-9-13(20(24)25)7-8-14(15)17(22)23;/h3-9H,10H2,1-2H3,(H,18,21)(H,22,23);/q;+1/p-1. The molecule has 8 nitrogen and oxygen atoms in total. The fourth-order valence-electron chi connectivity index (χ4n) is 2.20. The third-order valence-corrected chi connectivity index (χ3v) is 3.58. The van der Waals surface area contributed by atoms with Gasteiger partial charge in [0.1, 0.15) is 0 Å². The summed E-state index contributed by atoms with van der Waals surface area (Å²) >= 11 is 0. The number of carboxylic acids is 1. The van der Waals surface area contributed by atoms with E-state index in [1.165, 1.54) is 0 Å². The van der Waals surface area contributed by atoms with Crippen molar-refractivity contribution in [3.63, 3.8) is 0 Å². The van der Waals surface area contributed by atoms with E-state index in [1.54, 1.807) is 0 Å². The third-order valence-electron chi connectivity index (χ3n) is 3.58. The average Bonchev–Trinajstić information content (AvgIpc) is 2.59. The molecule has 1 amide bonds. The van der Waals surface area contributed by atoms with Crippen LogP contribution in [0.2, 0.25) is 0 Å². The summed E-state index contributed by atoms with van der Waals surface area (Å²) in [7, 11) is 3.81. The van der Waals surface area contributed by atoms with Crippen LogP contribution >= 0.6 is 0 Å². The molecule has 0 aliphatic rings. The van der Waals surface area contributed by atoms with E-state index < -0.39 is 22.4 Å². The number of nitro benzene ring substituents is 1. The summed E-state index contributed by atoms with van der Waals surface area (Å²) in [5.41, 5.74) is 0.725. The minimum Gasteiger partial charge on any atom is -0.545 e. The third kappa shape index (κ3) is 5.61. The Kier molecular flexibility index (Phi) is 8.38. The number of nitrogens with one attached hydrogen (secondary N) is 1. The van der Waals surface area contributed by atoms with Crippen LogP contribution in [0.15, 0.2) is 42.5 Å². The van der Waals surface area contributed by atoms with E-state index in [2.05, 4.69) is 5.32 Å². The molecule has 0 aromatic heterocycles. The first kappa shape index (κ1) is 22.3. The van der Waals surface area contributed by atoms with E-state index >= 15 is 0 Å². The van der Waals surface area contributed by atoms with Gasteiger partial charge in [0.05, 0.1) is 16.5 Å². The van der Waals surface area contributed by atoms with E-state index in [-0.39, 0.29) is 69.2 Å². The zero-order valence-electron chi connectivity index (χ0n) is 14.7. The SMILES string of the molecule is CN(C)c1ccc(CNC(=O)c2cc([N+](=O)[O-])ccc2C(=O)[O-])cc1.[K+]. The summed E-state index contributed by atoms with van der Waals surface area (Å²) in [6, 6.07) is 10.3. The van der Waals surface area contributed by atoms with Gasteiger partial charge in [0.2, 0.25) is 0 Å². The molecule has 0 saturated carbocycles. The topological polar surface area (TPSA) is 116 Å². The second kappa shape index (κ2) is 9.79. The molecule has 0 fully saturated rings. The van der Waals surface area contributed by atoms with Gasteiger partial charge in [-0.3, -0.25) is 14.9 Å². The van der Waals surface area contributed by atoms with E-state index in [0.29, 0.717) is 0 Å². The maximum absolute atomic E-state index is 12.3. The van der Waals surface area contributed by atoms with Crippen LogP contribution in [0.5, 0.6) is 0 Å². The fraction of sp³-hybridized carbons (Fsp3) is 0.176. The van der Waals surface area contributed by atoms with Gasteiger partial charge in [-0.2, -0.15) is 0 Å². The molecule has 0 heterocycles. The van der Waals surface area contributed by atoms with Crippen LogP contribution in [0.4, 0.5) is 11.4 Å². The average molecular weight is 381 g/mol. The van der Waals surface area contributed by atoms with Gasteiger partial charge < -0.3 is 20.1 Å². The van der Waals surface area contributed by atoms with Gasteiger partial charge in [0.25, 0.3) is 11.6 Å². The van der Waals surface area contributed by atoms with Gasteiger partial charge in [0, 0.05) is 44.0 Å². The molecule has 2 aromatic carbocycles. The molecule has 0 aliphatic carbocycles. The summed E-state index contributed by atoms with van der Waals surface area (Å²) in [4.78, 5) is 35.4. The van der Waals surface area contributed by atoms with Gasteiger partial charge in [-0.05, 0) is 23.8 Å². The van der Waals surface area contributed by atoms with Crippen molar-refractivity contribution in [2.75, 3.05) is 19.0 Å². The van der Waals surface area contributed by atoms with Crippen LogP contribution in [-0.4, -0.2) is 30.9 Å². The number of carbonyl (C=O) groups excluding carboxylic acids is 2. The molecular weight excluding hydrogens is 365 g/mol. The van der Waals surface area contributed by atoms with Crippen LogP contribution in [-0.2, 0) is 6.54 Å². The van der Waals surface area contributed by atoms with Crippen LogP contribution in [0.1, 0.15) is 26.3 Å². The number of amides is 1. The molecule has 9 heteroatoms. The molecule has 26 heavy (non-hydrogen) atoms. The van der Waals surface area contributed by atoms with Gasteiger partial charge >= 0.3 is 51.4 Å². The Morgan fingerprint density at radius 2 is 1.69 bits per heavy atom. The number of nitrogens with zero attached hydrogens (tertiary/aromatic N) is 2. The minimum absolute atomic E-state index is 0. The number of carbonyl (C=O) groups is 2. The Bertz CT molecular complexity index is 822. The second-order valence-corrected chi connectivity index (χ2v) is 5.52. The number of hydrogen-bond donors (Lipinski definition) is 1. The number of nitro groups is 1. The molecule has 0 aliphatic heterocycles. The van der Waals surface area contributed by atoms with Crippen molar-refractivity contribution < 1.29 is 71.0 Å². The summed E-state index contributed by atoms with van der Waals surface area (Å²) in [5, 5.41) is 24.5. The van der Waals surface area contributed by atoms with Crippen molar-refractivity contribution in [1.29, 1.82) is 0 Å². The number of non-ortho nitro benzene ring substituents is 1. The van der Waals surface area contributed by atoms with Gasteiger partial charge in [-0.1, -0.05) is 12.1 Å². The smallest absolute Gasteiger partial charge is 0.545 e. The zero-order chi connectivity index (χ0) is 18.6. The molecule has 0 atom stereocenters. The number of hydrogen-bond acceptors (Lipinski definition) is 6. The Morgan fingerprint density at radius 1 is 1.08 bits per heavy atom. The summed E-state index contributed by atoms with van der Waals surface area (Å²) in [6.45, 7) is 0.154. The molecule has 1 N–H and O–H groups in total. The normalized spacial score (nSPS) is 9.77. The number of anilines is 1. The molecular formula is C17H16KN3O5. The molecule has 0 saturated heterocycles. The van der Waals surface area contributed by atoms with Crippen LogP contribution in [0.25, 0.3) is 0 Å².